The fourth-order valence-electron chi connectivity index (χ4n) is 4.65. The number of benzene rings is 2. The zero-order chi connectivity index (χ0) is 23.5. The van der Waals surface area contributed by atoms with Crippen LogP contribution in [-0.2, 0) is 30.9 Å². The van der Waals surface area contributed by atoms with Gasteiger partial charge in [0.05, 0.1) is 24.7 Å². The number of H-pyrrole nitrogens is 1. The Hall–Kier alpha value is -3.36. The Balaban J connectivity index is 1.44. The molecule has 1 aliphatic heterocycles. The maximum atomic E-state index is 13.0. The van der Waals surface area contributed by atoms with E-state index in [1.165, 1.54) is 5.56 Å². The number of aromatic nitrogens is 5. The van der Waals surface area contributed by atoms with Crippen LogP contribution >= 0.6 is 0 Å². The maximum absolute atomic E-state index is 13.0. The third-order valence-corrected chi connectivity index (χ3v) is 6.54. The molecule has 5 rings (SSSR count). The van der Waals surface area contributed by atoms with Gasteiger partial charge in [-0.3, -0.25) is 9.69 Å². The Morgan fingerprint density at radius 1 is 1.09 bits per heavy atom. The Morgan fingerprint density at radius 3 is 2.71 bits per heavy atom. The third kappa shape index (κ3) is 4.93. The highest BCUT2D eigenvalue weighted by atomic mass is 16.5. The lowest BCUT2D eigenvalue weighted by Gasteiger charge is -2.22. The summed E-state index contributed by atoms with van der Waals surface area (Å²) in [6.07, 6.45) is 2.25. The van der Waals surface area contributed by atoms with Crippen molar-refractivity contribution in [2.75, 3.05) is 6.61 Å². The smallest absolute Gasteiger partial charge is 0.252 e. The molecule has 0 radical (unpaired) electrons. The molecule has 0 amide bonds. The molecule has 4 aromatic rings. The van der Waals surface area contributed by atoms with E-state index in [9.17, 15) is 4.79 Å². The quantitative estimate of drug-likeness (QED) is 0.435. The van der Waals surface area contributed by atoms with E-state index < -0.39 is 0 Å². The molecule has 8 heteroatoms. The second-order valence-electron chi connectivity index (χ2n) is 9.15. The molecule has 0 aliphatic carbocycles. The van der Waals surface area contributed by atoms with E-state index >= 15 is 0 Å². The lowest BCUT2D eigenvalue weighted by atomic mass is 10.0. The lowest BCUT2D eigenvalue weighted by Crippen LogP contribution is -2.29. The maximum Gasteiger partial charge on any atom is 0.252 e. The van der Waals surface area contributed by atoms with Gasteiger partial charge in [0.15, 0.2) is 5.82 Å². The number of fused-ring (bicyclic) bond motifs is 1. The summed E-state index contributed by atoms with van der Waals surface area (Å²) < 4.78 is 7.62. The fraction of sp³-hybridized carbons (Fsp3) is 0.385. The van der Waals surface area contributed by atoms with Crippen molar-refractivity contribution in [1.29, 1.82) is 0 Å². The topological polar surface area (TPSA) is 88.9 Å². The van der Waals surface area contributed by atoms with E-state index in [1.54, 1.807) is 0 Å². The second-order valence-corrected chi connectivity index (χ2v) is 9.15. The molecule has 0 saturated carbocycles. The van der Waals surface area contributed by atoms with Crippen LogP contribution in [0, 0.1) is 13.8 Å². The number of tetrazole rings is 1. The standard InChI is InChI=1S/C26H30N6O2/c1-18-10-11-19(2)25-23(18)13-21(26(33)27-25)15-31(14-20-7-4-3-5-8-20)17-24-28-29-30-32(24)16-22-9-6-12-34-22/h3-5,7-8,10-11,13,22H,6,9,12,14-17H2,1-2H3,(H,27,33)/t22-/m0/s1. The first-order valence-electron chi connectivity index (χ1n) is 11.8. The number of ether oxygens (including phenoxy) is 1. The van der Waals surface area contributed by atoms with Crippen LogP contribution in [0.15, 0.2) is 53.3 Å². The van der Waals surface area contributed by atoms with Crippen molar-refractivity contribution >= 4 is 10.9 Å². The van der Waals surface area contributed by atoms with Gasteiger partial charge in [0, 0.05) is 30.6 Å². The minimum atomic E-state index is -0.0572. The third-order valence-electron chi connectivity index (χ3n) is 6.54. The molecule has 0 bridgehead atoms. The summed E-state index contributed by atoms with van der Waals surface area (Å²) in [5.74, 6) is 0.774. The van der Waals surface area contributed by atoms with Crippen molar-refractivity contribution < 1.29 is 4.74 Å². The largest absolute Gasteiger partial charge is 0.376 e. The second kappa shape index (κ2) is 9.87. The Kier molecular flexibility index (Phi) is 6.51. The van der Waals surface area contributed by atoms with Gasteiger partial charge in [-0.2, -0.15) is 0 Å². The highest BCUT2D eigenvalue weighted by Crippen LogP contribution is 2.21. The minimum absolute atomic E-state index is 0.0572. The molecular weight excluding hydrogens is 428 g/mol. The number of aromatic amines is 1. The average Bonchev–Trinajstić information content (AvgIpc) is 3.51. The minimum Gasteiger partial charge on any atom is -0.376 e. The summed E-state index contributed by atoms with van der Waals surface area (Å²) in [6, 6.07) is 16.4. The molecule has 34 heavy (non-hydrogen) atoms. The van der Waals surface area contributed by atoms with Crippen molar-refractivity contribution in [3.8, 4) is 0 Å². The van der Waals surface area contributed by atoms with Crippen molar-refractivity contribution in [3.05, 3.63) is 87.0 Å². The van der Waals surface area contributed by atoms with Gasteiger partial charge in [-0.1, -0.05) is 42.5 Å². The van der Waals surface area contributed by atoms with Gasteiger partial charge in [0.2, 0.25) is 0 Å². The Labute approximate surface area is 198 Å². The highest BCUT2D eigenvalue weighted by molar-refractivity contribution is 5.85. The fourth-order valence-corrected chi connectivity index (χ4v) is 4.65. The molecule has 1 aliphatic rings. The summed E-state index contributed by atoms with van der Waals surface area (Å²) in [5, 5.41) is 13.5. The number of hydrogen-bond donors (Lipinski definition) is 1. The summed E-state index contributed by atoms with van der Waals surface area (Å²) >= 11 is 0. The van der Waals surface area contributed by atoms with Crippen LogP contribution in [0.3, 0.4) is 0 Å². The molecular formula is C26H30N6O2. The van der Waals surface area contributed by atoms with E-state index in [0.717, 1.165) is 52.9 Å². The van der Waals surface area contributed by atoms with E-state index in [-0.39, 0.29) is 11.7 Å². The summed E-state index contributed by atoms with van der Waals surface area (Å²) in [7, 11) is 0. The first kappa shape index (κ1) is 22.4. The molecule has 1 atom stereocenters. The molecule has 1 N–H and O–H groups in total. The zero-order valence-electron chi connectivity index (χ0n) is 19.7. The molecule has 8 nitrogen and oxygen atoms in total. The van der Waals surface area contributed by atoms with E-state index in [0.29, 0.717) is 26.2 Å². The van der Waals surface area contributed by atoms with Gasteiger partial charge in [-0.05, 0) is 59.9 Å². The van der Waals surface area contributed by atoms with Crippen LogP contribution in [0.5, 0.6) is 0 Å². The van der Waals surface area contributed by atoms with Crippen molar-refractivity contribution in [3.63, 3.8) is 0 Å². The molecule has 2 aromatic carbocycles. The van der Waals surface area contributed by atoms with Gasteiger partial charge in [0.1, 0.15) is 0 Å². The molecule has 3 heterocycles. The van der Waals surface area contributed by atoms with Gasteiger partial charge in [-0.25, -0.2) is 4.68 Å². The first-order chi connectivity index (χ1) is 16.6. The predicted octanol–water partition coefficient (Wildman–Crippen LogP) is 3.51. The van der Waals surface area contributed by atoms with Crippen molar-refractivity contribution in [2.24, 2.45) is 0 Å². The van der Waals surface area contributed by atoms with Crippen LogP contribution in [-0.4, -0.2) is 42.8 Å². The van der Waals surface area contributed by atoms with E-state index in [1.807, 2.05) is 41.9 Å². The molecule has 0 spiro atoms. The number of rotatable bonds is 8. The monoisotopic (exact) mass is 458 g/mol. The van der Waals surface area contributed by atoms with Crippen LogP contribution in [0.4, 0.5) is 0 Å². The summed E-state index contributed by atoms with van der Waals surface area (Å²) in [4.78, 5) is 18.4. The molecule has 1 saturated heterocycles. The Bertz CT molecular complexity index is 1320. The van der Waals surface area contributed by atoms with Crippen LogP contribution in [0.2, 0.25) is 0 Å². The summed E-state index contributed by atoms with van der Waals surface area (Å²) in [5.41, 5.74) is 4.97. The van der Waals surface area contributed by atoms with Gasteiger partial charge < -0.3 is 9.72 Å². The van der Waals surface area contributed by atoms with Crippen LogP contribution < -0.4 is 5.56 Å². The lowest BCUT2D eigenvalue weighted by molar-refractivity contribution is 0.0914. The summed E-state index contributed by atoms with van der Waals surface area (Å²) in [6.45, 7) is 7.23. The van der Waals surface area contributed by atoms with Gasteiger partial charge >= 0.3 is 0 Å². The van der Waals surface area contributed by atoms with Gasteiger partial charge in [-0.15, -0.1) is 5.10 Å². The number of pyridine rings is 1. The van der Waals surface area contributed by atoms with Crippen molar-refractivity contribution in [1.82, 2.24) is 30.1 Å². The number of hydrogen-bond acceptors (Lipinski definition) is 6. The van der Waals surface area contributed by atoms with E-state index in [2.05, 4.69) is 50.5 Å². The molecule has 176 valence electrons. The van der Waals surface area contributed by atoms with E-state index in [4.69, 9.17) is 4.74 Å². The average molecular weight is 459 g/mol. The van der Waals surface area contributed by atoms with Gasteiger partial charge in [0.25, 0.3) is 5.56 Å². The zero-order valence-corrected chi connectivity index (χ0v) is 19.7. The molecule has 2 aromatic heterocycles. The number of nitrogens with zero attached hydrogens (tertiary/aromatic N) is 5. The Morgan fingerprint density at radius 2 is 1.91 bits per heavy atom. The normalized spacial score (nSPS) is 16.0. The predicted molar refractivity (Wildman–Crippen MR) is 130 cm³/mol. The van der Waals surface area contributed by atoms with Crippen molar-refractivity contribution in [2.45, 2.75) is 59.0 Å². The number of aryl methyl sites for hydroxylation is 2. The van der Waals surface area contributed by atoms with Crippen LogP contribution in [0.25, 0.3) is 10.9 Å². The number of nitrogens with one attached hydrogen (secondary N) is 1. The SMILES string of the molecule is Cc1ccc(C)c2[nH]c(=O)c(CN(Cc3ccccc3)Cc3nnnn3C[C@@H]3CCCO3)cc12. The van der Waals surface area contributed by atoms with Crippen LogP contribution in [0.1, 0.15) is 40.9 Å². The molecule has 1 fully saturated rings. The highest BCUT2D eigenvalue weighted by Gasteiger charge is 2.21. The molecule has 0 unspecified atom stereocenters. The first-order valence-corrected chi connectivity index (χ1v) is 11.8.